The molecule has 0 aromatic carbocycles. The van der Waals surface area contributed by atoms with Crippen molar-refractivity contribution >= 4 is 40.0 Å². The third-order valence-corrected chi connectivity index (χ3v) is 7.20. The summed E-state index contributed by atoms with van der Waals surface area (Å²) < 4.78 is 24.8. The molecule has 0 aromatic heterocycles. The van der Waals surface area contributed by atoms with Crippen LogP contribution in [0, 0.1) is 17.8 Å². The van der Waals surface area contributed by atoms with Gasteiger partial charge in [-0.25, -0.2) is 12.7 Å². The zero-order chi connectivity index (χ0) is 19.2. The lowest BCUT2D eigenvalue weighted by molar-refractivity contribution is 0.244. The predicted octanol–water partition coefficient (Wildman–Crippen LogP) is 3.05. The molecule has 2 aliphatic rings. The van der Waals surface area contributed by atoms with Crippen LogP contribution in [0.3, 0.4) is 0 Å². The number of nitrogens with zero attached hydrogens (tertiary/aromatic N) is 2. The molecule has 1 saturated carbocycles. The van der Waals surface area contributed by atoms with Gasteiger partial charge in [-0.15, -0.1) is 24.0 Å². The van der Waals surface area contributed by atoms with Crippen molar-refractivity contribution in [3.05, 3.63) is 0 Å². The highest BCUT2D eigenvalue weighted by molar-refractivity contribution is 14.0. The Hall–Kier alpha value is -0.0900. The molecule has 1 saturated heterocycles. The highest BCUT2D eigenvalue weighted by atomic mass is 127. The smallest absolute Gasteiger partial charge is 0.211 e. The summed E-state index contributed by atoms with van der Waals surface area (Å²) in [5.74, 6) is 2.95. The summed E-state index contributed by atoms with van der Waals surface area (Å²) in [5, 5.41) is 7.03. The second kappa shape index (κ2) is 11.8. The highest BCUT2D eigenvalue weighted by Gasteiger charge is 2.26. The van der Waals surface area contributed by atoms with Gasteiger partial charge in [0.15, 0.2) is 5.96 Å². The Labute approximate surface area is 183 Å². The van der Waals surface area contributed by atoms with Gasteiger partial charge >= 0.3 is 0 Å². The lowest BCUT2D eigenvalue weighted by atomic mass is 9.79. The van der Waals surface area contributed by atoms with Gasteiger partial charge in [-0.1, -0.05) is 26.7 Å². The maximum atomic E-state index is 11.6. The van der Waals surface area contributed by atoms with Gasteiger partial charge in [0.05, 0.1) is 6.26 Å². The molecule has 1 heterocycles. The van der Waals surface area contributed by atoms with E-state index in [4.69, 9.17) is 4.99 Å². The molecule has 2 unspecified atom stereocenters. The Kier molecular flexibility index (Phi) is 10.9. The molecule has 6 nitrogen and oxygen atoms in total. The third kappa shape index (κ3) is 8.43. The molecule has 1 aliphatic heterocycles. The van der Waals surface area contributed by atoms with Crippen molar-refractivity contribution in [1.29, 1.82) is 0 Å². The fraction of sp³-hybridized carbons (Fsp3) is 0.947. The number of aliphatic imine (C=N–C) groups is 1. The molecule has 2 N–H and O–H groups in total. The summed E-state index contributed by atoms with van der Waals surface area (Å²) >= 11 is 0. The Morgan fingerprint density at radius 3 is 2.41 bits per heavy atom. The molecule has 27 heavy (non-hydrogen) atoms. The summed E-state index contributed by atoms with van der Waals surface area (Å²) in [6.07, 6.45) is 8.19. The average Bonchev–Trinajstić information content (AvgIpc) is 2.60. The average molecular weight is 515 g/mol. The predicted molar refractivity (Wildman–Crippen MR) is 124 cm³/mol. The number of piperidine rings is 1. The molecular weight excluding hydrogens is 475 g/mol. The zero-order valence-electron chi connectivity index (χ0n) is 17.4. The Morgan fingerprint density at radius 2 is 1.85 bits per heavy atom. The van der Waals surface area contributed by atoms with Crippen LogP contribution >= 0.6 is 24.0 Å². The minimum absolute atomic E-state index is 0. The topological polar surface area (TPSA) is 73.8 Å². The summed E-state index contributed by atoms with van der Waals surface area (Å²) in [4.78, 5) is 4.81. The molecule has 160 valence electrons. The second-order valence-electron chi connectivity index (χ2n) is 8.34. The molecule has 2 atom stereocenters. The normalized spacial score (nSPS) is 25.9. The monoisotopic (exact) mass is 514 g/mol. The zero-order valence-corrected chi connectivity index (χ0v) is 20.6. The van der Waals surface area contributed by atoms with Gasteiger partial charge in [0.2, 0.25) is 10.0 Å². The molecule has 1 aliphatic carbocycles. The van der Waals surface area contributed by atoms with E-state index in [2.05, 4.69) is 31.4 Å². The van der Waals surface area contributed by atoms with Crippen molar-refractivity contribution in [3.8, 4) is 0 Å². The van der Waals surface area contributed by atoms with Crippen molar-refractivity contribution in [2.45, 2.75) is 65.3 Å². The van der Waals surface area contributed by atoms with Crippen LogP contribution in [0.2, 0.25) is 0 Å². The van der Waals surface area contributed by atoms with Gasteiger partial charge in [0.25, 0.3) is 0 Å². The van der Waals surface area contributed by atoms with Crippen molar-refractivity contribution in [3.63, 3.8) is 0 Å². The van der Waals surface area contributed by atoms with Crippen molar-refractivity contribution in [2.24, 2.45) is 22.7 Å². The minimum atomic E-state index is -3.05. The van der Waals surface area contributed by atoms with Crippen LogP contribution in [-0.4, -0.2) is 57.2 Å². The molecule has 0 bridgehead atoms. The first kappa shape index (κ1) is 24.9. The van der Waals surface area contributed by atoms with Crippen molar-refractivity contribution in [1.82, 2.24) is 14.9 Å². The Balaban J connectivity index is 0.00000364. The summed E-state index contributed by atoms with van der Waals surface area (Å²) in [7, 11) is -3.05. The minimum Gasteiger partial charge on any atom is -0.357 e. The SMILES string of the molecule is CCNC(=NCC1CCN(S(C)(=O)=O)CC1)NC1CCCC(C(C)C)C1.I. The fourth-order valence-electron chi connectivity index (χ4n) is 4.12. The van der Waals surface area contributed by atoms with Gasteiger partial charge < -0.3 is 10.6 Å². The van der Waals surface area contributed by atoms with E-state index in [1.807, 2.05) is 0 Å². The van der Waals surface area contributed by atoms with Crippen LogP contribution in [0.5, 0.6) is 0 Å². The highest BCUT2D eigenvalue weighted by Crippen LogP contribution is 2.29. The van der Waals surface area contributed by atoms with Crippen LogP contribution in [0.1, 0.15) is 59.3 Å². The number of rotatable bonds is 6. The number of nitrogens with one attached hydrogen (secondary N) is 2. The van der Waals surface area contributed by atoms with E-state index in [0.717, 1.165) is 43.7 Å². The number of halogens is 1. The van der Waals surface area contributed by atoms with Crippen LogP contribution in [-0.2, 0) is 10.0 Å². The van der Waals surface area contributed by atoms with Crippen LogP contribution in [0.4, 0.5) is 0 Å². The van der Waals surface area contributed by atoms with Gasteiger partial charge in [0, 0.05) is 32.2 Å². The largest absolute Gasteiger partial charge is 0.357 e. The molecule has 0 spiro atoms. The molecule has 2 rings (SSSR count). The Bertz CT molecular complexity index is 560. The maximum absolute atomic E-state index is 11.6. The quantitative estimate of drug-likeness (QED) is 0.325. The molecular formula is C19H39IN4O2S. The first-order chi connectivity index (χ1) is 12.3. The van der Waals surface area contributed by atoms with Gasteiger partial charge in [-0.3, -0.25) is 4.99 Å². The summed E-state index contributed by atoms with van der Waals surface area (Å²) in [6.45, 7) is 9.64. The van der Waals surface area contributed by atoms with Crippen LogP contribution in [0.25, 0.3) is 0 Å². The number of hydrogen-bond acceptors (Lipinski definition) is 3. The van der Waals surface area contributed by atoms with Crippen molar-refractivity contribution in [2.75, 3.05) is 32.4 Å². The van der Waals surface area contributed by atoms with E-state index in [1.54, 1.807) is 4.31 Å². The van der Waals surface area contributed by atoms with Crippen LogP contribution in [0.15, 0.2) is 4.99 Å². The van der Waals surface area contributed by atoms with E-state index in [1.165, 1.54) is 31.9 Å². The van der Waals surface area contributed by atoms with Gasteiger partial charge in [-0.05, 0) is 50.4 Å². The number of hydrogen-bond donors (Lipinski definition) is 2. The molecule has 0 aromatic rings. The first-order valence-electron chi connectivity index (χ1n) is 10.3. The van der Waals surface area contributed by atoms with E-state index < -0.39 is 10.0 Å². The maximum Gasteiger partial charge on any atom is 0.211 e. The summed E-state index contributed by atoms with van der Waals surface area (Å²) in [6, 6.07) is 0.515. The Morgan fingerprint density at radius 1 is 1.19 bits per heavy atom. The summed E-state index contributed by atoms with van der Waals surface area (Å²) in [5.41, 5.74) is 0. The lowest BCUT2D eigenvalue weighted by Gasteiger charge is -2.33. The fourth-order valence-corrected chi connectivity index (χ4v) is 5.00. The lowest BCUT2D eigenvalue weighted by Crippen LogP contribution is -2.46. The van der Waals surface area contributed by atoms with E-state index in [0.29, 0.717) is 25.0 Å². The van der Waals surface area contributed by atoms with E-state index in [-0.39, 0.29) is 24.0 Å². The molecule has 0 amide bonds. The van der Waals surface area contributed by atoms with Gasteiger partial charge in [-0.2, -0.15) is 0 Å². The van der Waals surface area contributed by atoms with Crippen molar-refractivity contribution < 1.29 is 8.42 Å². The number of sulfonamides is 1. The van der Waals surface area contributed by atoms with E-state index >= 15 is 0 Å². The van der Waals surface area contributed by atoms with E-state index in [9.17, 15) is 8.42 Å². The molecule has 0 radical (unpaired) electrons. The third-order valence-electron chi connectivity index (χ3n) is 5.89. The standard InChI is InChI=1S/C19H38N4O2S.HI/c1-5-20-19(22-18-8-6-7-17(13-18)15(2)3)21-14-16-9-11-23(12-10-16)26(4,24)25;/h15-18H,5-14H2,1-4H3,(H2,20,21,22);1H. The molecule has 2 fully saturated rings. The molecule has 8 heteroatoms. The second-order valence-corrected chi connectivity index (χ2v) is 10.3. The van der Waals surface area contributed by atoms with Gasteiger partial charge in [0.1, 0.15) is 0 Å². The number of guanidine groups is 1. The van der Waals surface area contributed by atoms with Crippen LogP contribution < -0.4 is 10.6 Å². The first-order valence-corrected chi connectivity index (χ1v) is 12.1.